The number of nitrogens with zero attached hydrogens (tertiary/aromatic N) is 2. The fourth-order valence-corrected chi connectivity index (χ4v) is 3.55. The van der Waals surface area contributed by atoms with Crippen LogP contribution in [0.1, 0.15) is 23.3 Å². The molecule has 3 aliphatic rings. The summed E-state index contributed by atoms with van der Waals surface area (Å²) in [4.78, 5) is 32.8. The van der Waals surface area contributed by atoms with E-state index in [-0.39, 0.29) is 11.6 Å². The molecule has 6 nitrogen and oxygen atoms in total. The molecule has 0 bridgehead atoms. The van der Waals surface area contributed by atoms with Crippen molar-refractivity contribution in [3.8, 4) is 0 Å². The molecule has 2 N–H and O–H groups in total. The van der Waals surface area contributed by atoms with Crippen LogP contribution in [0.5, 0.6) is 0 Å². The summed E-state index contributed by atoms with van der Waals surface area (Å²) in [5.74, 6) is 1.19. The van der Waals surface area contributed by atoms with E-state index in [1.165, 1.54) is 19.0 Å². The highest BCUT2D eigenvalue weighted by molar-refractivity contribution is 5.92. The summed E-state index contributed by atoms with van der Waals surface area (Å²) in [5, 5.41) is 0. The Morgan fingerprint density at radius 1 is 1.16 bits per heavy atom. The lowest BCUT2D eigenvalue weighted by atomic mass is 10.0. The highest BCUT2D eigenvalue weighted by Gasteiger charge is 2.45. The Kier molecular flexibility index (Phi) is 2.35. The summed E-state index contributed by atoms with van der Waals surface area (Å²) in [6.07, 6.45) is 4.18. The first kappa shape index (κ1) is 11.3. The fraction of sp³-hybridized carbons (Fsp3) is 0.692. The van der Waals surface area contributed by atoms with Gasteiger partial charge in [0.1, 0.15) is 5.69 Å². The Morgan fingerprint density at radius 2 is 1.84 bits per heavy atom. The van der Waals surface area contributed by atoms with E-state index in [9.17, 15) is 9.59 Å². The third-order valence-corrected chi connectivity index (χ3v) is 4.69. The first-order valence-corrected chi connectivity index (χ1v) is 7.02. The number of carbonyl (C=O) groups excluding carboxylic acids is 1. The van der Waals surface area contributed by atoms with Crippen molar-refractivity contribution in [3.05, 3.63) is 22.4 Å². The highest BCUT2D eigenvalue weighted by atomic mass is 16.2. The minimum atomic E-state index is -0.317. The number of imidazole rings is 1. The first-order chi connectivity index (χ1) is 9.20. The molecule has 0 radical (unpaired) electrons. The average molecular weight is 262 g/mol. The molecule has 2 saturated heterocycles. The molecule has 4 rings (SSSR count). The van der Waals surface area contributed by atoms with Gasteiger partial charge in [-0.25, -0.2) is 4.79 Å². The summed E-state index contributed by atoms with van der Waals surface area (Å²) in [5.41, 5.74) is 0.0617. The van der Waals surface area contributed by atoms with Gasteiger partial charge in [0.15, 0.2) is 0 Å². The van der Waals surface area contributed by atoms with E-state index >= 15 is 0 Å². The zero-order valence-corrected chi connectivity index (χ0v) is 10.8. The number of hydrogen-bond acceptors (Lipinski definition) is 3. The van der Waals surface area contributed by atoms with E-state index in [0.717, 1.165) is 32.2 Å². The van der Waals surface area contributed by atoms with Crippen LogP contribution in [0.3, 0.4) is 0 Å². The van der Waals surface area contributed by atoms with Gasteiger partial charge in [-0.1, -0.05) is 0 Å². The molecule has 1 saturated carbocycles. The monoisotopic (exact) mass is 262 g/mol. The number of nitrogens with one attached hydrogen (secondary N) is 2. The largest absolute Gasteiger partial charge is 0.337 e. The number of fused-ring (bicyclic) bond motifs is 1. The van der Waals surface area contributed by atoms with Crippen LogP contribution in [0.25, 0.3) is 0 Å². The topological polar surface area (TPSA) is 72.2 Å². The smallest absolute Gasteiger partial charge is 0.323 e. The molecule has 3 heterocycles. The summed E-state index contributed by atoms with van der Waals surface area (Å²) in [7, 11) is 0. The van der Waals surface area contributed by atoms with Gasteiger partial charge in [-0.3, -0.25) is 9.69 Å². The second-order valence-electron chi connectivity index (χ2n) is 6.07. The molecule has 1 aliphatic carbocycles. The van der Waals surface area contributed by atoms with Crippen molar-refractivity contribution in [2.75, 3.05) is 26.2 Å². The maximum absolute atomic E-state index is 12.2. The van der Waals surface area contributed by atoms with Gasteiger partial charge >= 0.3 is 5.69 Å². The van der Waals surface area contributed by atoms with Crippen molar-refractivity contribution >= 4 is 5.91 Å². The molecule has 3 fully saturated rings. The van der Waals surface area contributed by atoms with Crippen LogP contribution in [0.4, 0.5) is 0 Å². The molecule has 102 valence electrons. The summed E-state index contributed by atoms with van der Waals surface area (Å²) in [6, 6.07) is 0.829. The van der Waals surface area contributed by atoms with Crippen LogP contribution in [0, 0.1) is 11.8 Å². The van der Waals surface area contributed by atoms with Crippen LogP contribution in [0.2, 0.25) is 0 Å². The van der Waals surface area contributed by atoms with E-state index in [1.807, 2.05) is 4.90 Å². The number of carbonyl (C=O) groups is 1. The number of amides is 1. The zero-order valence-electron chi connectivity index (χ0n) is 10.8. The van der Waals surface area contributed by atoms with E-state index in [1.54, 1.807) is 0 Å². The predicted octanol–water partition coefficient (Wildman–Crippen LogP) is -0.131. The second-order valence-corrected chi connectivity index (χ2v) is 6.07. The lowest BCUT2D eigenvalue weighted by Gasteiger charge is -2.20. The van der Waals surface area contributed by atoms with Crippen molar-refractivity contribution in [2.24, 2.45) is 11.8 Å². The van der Waals surface area contributed by atoms with Gasteiger partial charge in [0.25, 0.3) is 5.91 Å². The van der Waals surface area contributed by atoms with Crippen LogP contribution >= 0.6 is 0 Å². The number of H-pyrrole nitrogens is 2. The van der Waals surface area contributed by atoms with Gasteiger partial charge in [0.2, 0.25) is 0 Å². The minimum Gasteiger partial charge on any atom is -0.337 e. The number of hydrogen-bond donors (Lipinski definition) is 2. The standard InChI is InChI=1S/C13H18N4O2/c18-12(11-3-14-13(19)15-11)17-6-8-4-16(10-1-2-10)5-9(8)7-17/h3,8-10H,1-2,4-7H2,(H2,14,15,19). The number of aromatic amines is 2. The number of likely N-dealkylation sites (tertiary alicyclic amines) is 2. The van der Waals surface area contributed by atoms with E-state index in [4.69, 9.17) is 0 Å². The van der Waals surface area contributed by atoms with E-state index in [2.05, 4.69) is 14.9 Å². The van der Waals surface area contributed by atoms with Gasteiger partial charge < -0.3 is 14.9 Å². The second kappa shape index (κ2) is 3.96. The maximum Gasteiger partial charge on any atom is 0.323 e. The predicted molar refractivity (Wildman–Crippen MR) is 68.9 cm³/mol. The number of aromatic nitrogens is 2. The molecular weight excluding hydrogens is 244 g/mol. The SMILES string of the molecule is O=C(c1c[nH]c(=O)[nH]1)N1CC2CN(C3CC3)CC2C1. The third kappa shape index (κ3) is 1.90. The molecule has 2 unspecified atom stereocenters. The lowest BCUT2D eigenvalue weighted by molar-refractivity contribution is 0.0768. The Labute approximate surface area is 110 Å². The zero-order chi connectivity index (χ0) is 13.0. The van der Waals surface area contributed by atoms with Crippen molar-refractivity contribution in [1.29, 1.82) is 0 Å². The molecule has 6 heteroatoms. The molecule has 1 aromatic rings. The molecule has 1 aromatic heterocycles. The summed E-state index contributed by atoms with van der Waals surface area (Å²) in [6.45, 7) is 3.95. The van der Waals surface area contributed by atoms with Crippen LogP contribution < -0.4 is 5.69 Å². The highest BCUT2D eigenvalue weighted by Crippen LogP contribution is 2.37. The normalized spacial score (nSPS) is 30.8. The third-order valence-electron chi connectivity index (χ3n) is 4.69. The van der Waals surface area contributed by atoms with Crippen LogP contribution in [-0.2, 0) is 0 Å². The van der Waals surface area contributed by atoms with Gasteiger partial charge in [-0.05, 0) is 24.7 Å². The molecule has 0 spiro atoms. The Morgan fingerprint density at radius 3 is 2.37 bits per heavy atom. The van der Waals surface area contributed by atoms with Crippen LogP contribution in [0.15, 0.2) is 11.0 Å². The quantitative estimate of drug-likeness (QED) is 0.780. The average Bonchev–Trinajstić information content (AvgIpc) is 2.83. The van der Waals surface area contributed by atoms with Crippen molar-refractivity contribution in [3.63, 3.8) is 0 Å². The fourth-order valence-electron chi connectivity index (χ4n) is 3.55. The molecule has 1 amide bonds. The summed E-state index contributed by atoms with van der Waals surface area (Å²) < 4.78 is 0. The minimum absolute atomic E-state index is 0.0503. The Balaban J connectivity index is 1.43. The molecule has 2 aliphatic heterocycles. The summed E-state index contributed by atoms with van der Waals surface area (Å²) >= 11 is 0. The van der Waals surface area contributed by atoms with E-state index in [0.29, 0.717) is 17.5 Å². The molecule has 2 atom stereocenters. The van der Waals surface area contributed by atoms with Crippen molar-refractivity contribution < 1.29 is 4.79 Å². The van der Waals surface area contributed by atoms with Gasteiger partial charge in [-0.15, -0.1) is 0 Å². The van der Waals surface area contributed by atoms with Crippen molar-refractivity contribution in [1.82, 2.24) is 19.8 Å². The number of rotatable bonds is 2. The van der Waals surface area contributed by atoms with E-state index < -0.39 is 0 Å². The Hall–Kier alpha value is -1.56. The lowest BCUT2D eigenvalue weighted by Crippen LogP contribution is -2.34. The maximum atomic E-state index is 12.2. The van der Waals surface area contributed by atoms with Gasteiger partial charge in [-0.2, -0.15) is 0 Å². The van der Waals surface area contributed by atoms with Gasteiger partial charge in [0.05, 0.1) is 0 Å². The van der Waals surface area contributed by atoms with Gasteiger partial charge in [0, 0.05) is 38.4 Å². The molecular formula is C13H18N4O2. The van der Waals surface area contributed by atoms with Crippen molar-refractivity contribution in [2.45, 2.75) is 18.9 Å². The first-order valence-electron chi connectivity index (χ1n) is 7.02. The molecule has 19 heavy (non-hydrogen) atoms. The molecule has 0 aromatic carbocycles. The Bertz CT molecular complexity index is 545. The van der Waals surface area contributed by atoms with Crippen LogP contribution in [-0.4, -0.2) is 57.9 Å².